The largest absolute Gasteiger partial charge is 0.446 e. The van der Waals surface area contributed by atoms with Crippen molar-refractivity contribution in [3.05, 3.63) is 17.8 Å². The van der Waals surface area contributed by atoms with Crippen molar-refractivity contribution in [2.24, 2.45) is 5.73 Å². The first-order valence-electron chi connectivity index (χ1n) is 5.39. The Balaban J connectivity index is 2.59. The van der Waals surface area contributed by atoms with Gasteiger partial charge in [-0.05, 0) is 6.42 Å². The van der Waals surface area contributed by atoms with Crippen molar-refractivity contribution < 1.29 is 22.4 Å². The number of nitrogens with zero attached hydrogens (tertiary/aromatic N) is 1. The number of aromatic nitrogens is 1. The van der Waals surface area contributed by atoms with Crippen molar-refractivity contribution in [1.29, 1.82) is 0 Å². The van der Waals surface area contributed by atoms with Crippen LogP contribution >= 0.6 is 0 Å². The fourth-order valence-corrected chi connectivity index (χ4v) is 1.27. The Bertz CT molecular complexity index is 403. The van der Waals surface area contributed by atoms with E-state index < -0.39 is 24.7 Å². The average Bonchev–Trinajstić information content (AvgIpc) is 2.74. The number of alkyl halides is 3. The first kappa shape index (κ1) is 14.5. The average molecular weight is 265 g/mol. The quantitative estimate of drug-likeness (QED) is 0.850. The van der Waals surface area contributed by atoms with Crippen molar-refractivity contribution in [2.45, 2.75) is 32.0 Å². The van der Waals surface area contributed by atoms with Crippen LogP contribution in [-0.2, 0) is 0 Å². The molecule has 18 heavy (non-hydrogen) atoms. The number of hydrogen-bond donors (Lipinski definition) is 2. The zero-order chi connectivity index (χ0) is 13.8. The van der Waals surface area contributed by atoms with Gasteiger partial charge in [0.15, 0.2) is 5.69 Å². The molecule has 0 aromatic carbocycles. The highest BCUT2D eigenvalue weighted by Crippen LogP contribution is 2.16. The van der Waals surface area contributed by atoms with Crippen LogP contribution in [0.5, 0.6) is 0 Å². The zero-order valence-corrected chi connectivity index (χ0v) is 9.75. The Morgan fingerprint density at radius 2 is 2.28 bits per heavy atom. The van der Waals surface area contributed by atoms with Gasteiger partial charge in [-0.25, -0.2) is 4.98 Å². The normalized spacial score (nSPS) is 13.4. The lowest BCUT2D eigenvalue weighted by Crippen LogP contribution is -2.33. The standard InChI is InChI=1S/C10H14F3N3O2/c1-2-3-6(14)9-16-7(4-18-9)8(17)15-5-10(11,12)13/h4,6H,2-3,5,14H2,1H3,(H,15,17). The first-order valence-corrected chi connectivity index (χ1v) is 5.39. The van der Waals surface area contributed by atoms with E-state index in [1.807, 2.05) is 6.92 Å². The molecule has 102 valence electrons. The van der Waals surface area contributed by atoms with Crippen LogP contribution in [0, 0.1) is 0 Å². The summed E-state index contributed by atoms with van der Waals surface area (Å²) in [5, 5.41) is 1.70. The predicted octanol–water partition coefficient (Wildman–Crippen LogP) is 1.77. The van der Waals surface area contributed by atoms with E-state index in [-0.39, 0.29) is 11.6 Å². The molecule has 0 aliphatic carbocycles. The second-order valence-corrected chi connectivity index (χ2v) is 3.76. The Morgan fingerprint density at radius 1 is 1.61 bits per heavy atom. The van der Waals surface area contributed by atoms with Gasteiger partial charge in [-0.3, -0.25) is 4.79 Å². The smallest absolute Gasteiger partial charge is 0.405 e. The molecule has 0 bridgehead atoms. The summed E-state index contributed by atoms with van der Waals surface area (Å²) in [7, 11) is 0. The number of oxazole rings is 1. The van der Waals surface area contributed by atoms with Crippen molar-refractivity contribution in [1.82, 2.24) is 10.3 Å². The Hall–Kier alpha value is -1.57. The number of halogens is 3. The van der Waals surface area contributed by atoms with Crippen LogP contribution in [0.3, 0.4) is 0 Å². The molecule has 1 heterocycles. The van der Waals surface area contributed by atoms with Crippen LogP contribution in [0.15, 0.2) is 10.7 Å². The number of amides is 1. The minimum Gasteiger partial charge on any atom is -0.446 e. The number of nitrogens with one attached hydrogen (secondary N) is 1. The third-order valence-electron chi connectivity index (χ3n) is 2.12. The van der Waals surface area contributed by atoms with Crippen LogP contribution in [0.4, 0.5) is 13.2 Å². The molecule has 0 aliphatic rings. The fraction of sp³-hybridized carbons (Fsp3) is 0.600. The van der Waals surface area contributed by atoms with Crippen molar-refractivity contribution in [3.8, 4) is 0 Å². The molecule has 0 aliphatic heterocycles. The van der Waals surface area contributed by atoms with Crippen LogP contribution in [0.25, 0.3) is 0 Å². The highest BCUT2D eigenvalue weighted by atomic mass is 19.4. The molecule has 0 saturated heterocycles. The Morgan fingerprint density at radius 3 is 2.83 bits per heavy atom. The van der Waals surface area contributed by atoms with Gasteiger partial charge in [0.25, 0.3) is 5.91 Å². The van der Waals surface area contributed by atoms with Gasteiger partial charge < -0.3 is 15.5 Å². The van der Waals surface area contributed by atoms with Crippen LogP contribution in [0.1, 0.15) is 42.2 Å². The van der Waals surface area contributed by atoms with Gasteiger partial charge in [-0.2, -0.15) is 13.2 Å². The molecule has 5 nitrogen and oxygen atoms in total. The van der Waals surface area contributed by atoms with Gasteiger partial charge in [0.05, 0.1) is 6.04 Å². The Labute approximate surface area is 102 Å². The number of hydrogen-bond acceptors (Lipinski definition) is 4. The summed E-state index contributed by atoms with van der Waals surface area (Å²) in [5.74, 6) is -0.792. The number of nitrogens with two attached hydrogens (primary N) is 1. The molecular weight excluding hydrogens is 251 g/mol. The molecule has 1 amide bonds. The lowest BCUT2D eigenvalue weighted by Gasteiger charge is -2.06. The topological polar surface area (TPSA) is 81.1 Å². The molecule has 0 spiro atoms. The summed E-state index contributed by atoms with van der Waals surface area (Å²) in [4.78, 5) is 15.1. The minimum absolute atomic E-state index is 0.147. The van der Waals surface area contributed by atoms with Gasteiger partial charge >= 0.3 is 6.18 Å². The lowest BCUT2D eigenvalue weighted by atomic mass is 10.2. The maximum absolute atomic E-state index is 11.9. The maximum atomic E-state index is 11.9. The van der Waals surface area contributed by atoms with E-state index in [1.54, 1.807) is 5.32 Å². The number of rotatable bonds is 5. The molecule has 1 rings (SSSR count). The predicted molar refractivity (Wildman–Crippen MR) is 56.7 cm³/mol. The molecule has 0 radical (unpaired) electrons. The number of carbonyl (C=O) groups excluding carboxylic acids is 1. The third-order valence-corrected chi connectivity index (χ3v) is 2.12. The van der Waals surface area contributed by atoms with Crippen LogP contribution in [0.2, 0.25) is 0 Å². The summed E-state index contributed by atoms with van der Waals surface area (Å²) in [5.41, 5.74) is 5.49. The Kier molecular flexibility index (Phi) is 4.71. The van der Waals surface area contributed by atoms with E-state index in [1.165, 1.54) is 0 Å². The summed E-state index contributed by atoms with van der Waals surface area (Å²) >= 11 is 0. The van der Waals surface area contributed by atoms with E-state index in [0.717, 1.165) is 12.7 Å². The minimum atomic E-state index is -4.46. The zero-order valence-electron chi connectivity index (χ0n) is 9.75. The van der Waals surface area contributed by atoms with Crippen LogP contribution < -0.4 is 11.1 Å². The highest BCUT2D eigenvalue weighted by Gasteiger charge is 2.28. The molecule has 3 N–H and O–H groups in total. The van der Waals surface area contributed by atoms with Crippen LogP contribution in [-0.4, -0.2) is 23.6 Å². The molecule has 0 fully saturated rings. The molecule has 1 unspecified atom stereocenters. The summed E-state index contributed by atoms with van der Waals surface area (Å²) in [6.07, 6.45) is -2.04. The monoisotopic (exact) mass is 265 g/mol. The van der Waals surface area contributed by atoms with Gasteiger partial charge in [0, 0.05) is 0 Å². The fourth-order valence-electron chi connectivity index (χ4n) is 1.27. The van der Waals surface area contributed by atoms with Gasteiger partial charge in [-0.1, -0.05) is 13.3 Å². The third kappa shape index (κ3) is 4.36. The summed E-state index contributed by atoms with van der Waals surface area (Å²) in [6, 6.07) is -0.459. The molecule has 1 atom stereocenters. The first-order chi connectivity index (χ1) is 8.33. The molecule has 1 aromatic rings. The second-order valence-electron chi connectivity index (χ2n) is 3.76. The molecule has 1 aromatic heterocycles. The van der Waals surface area contributed by atoms with E-state index in [0.29, 0.717) is 6.42 Å². The van der Waals surface area contributed by atoms with Gasteiger partial charge in [0.1, 0.15) is 12.8 Å². The molecular formula is C10H14F3N3O2. The van der Waals surface area contributed by atoms with Crippen molar-refractivity contribution >= 4 is 5.91 Å². The summed E-state index contributed by atoms with van der Waals surface area (Å²) < 4.78 is 40.6. The molecule has 8 heteroatoms. The second kappa shape index (κ2) is 5.85. The summed E-state index contributed by atoms with van der Waals surface area (Å²) in [6.45, 7) is 0.509. The lowest BCUT2D eigenvalue weighted by molar-refractivity contribution is -0.123. The van der Waals surface area contributed by atoms with E-state index in [9.17, 15) is 18.0 Å². The van der Waals surface area contributed by atoms with E-state index in [2.05, 4.69) is 4.98 Å². The van der Waals surface area contributed by atoms with E-state index in [4.69, 9.17) is 10.2 Å². The van der Waals surface area contributed by atoms with Crippen molar-refractivity contribution in [3.63, 3.8) is 0 Å². The van der Waals surface area contributed by atoms with Gasteiger partial charge in [-0.15, -0.1) is 0 Å². The SMILES string of the molecule is CCCC(N)c1nc(C(=O)NCC(F)(F)F)co1. The molecule has 0 saturated carbocycles. The number of carbonyl (C=O) groups is 1. The van der Waals surface area contributed by atoms with Gasteiger partial charge in [0.2, 0.25) is 5.89 Å². The van der Waals surface area contributed by atoms with Crippen molar-refractivity contribution in [2.75, 3.05) is 6.54 Å². The maximum Gasteiger partial charge on any atom is 0.405 e. The van der Waals surface area contributed by atoms with E-state index >= 15 is 0 Å². The highest BCUT2D eigenvalue weighted by molar-refractivity contribution is 5.91.